The molecule has 0 atom stereocenters. The van der Waals surface area contributed by atoms with Crippen LogP contribution >= 0.6 is 11.8 Å². The summed E-state index contributed by atoms with van der Waals surface area (Å²) in [4.78, 5) is 1.35. The number of hydrogen-bond acceptors (Lipinski definition) is 1. The Kier molecular flexibility index (Phi) is 2.51. The van der Waals surface area contributed by atoms with Gasteiger partial charge in [-0.15, -0.1) is 11.8 Å². The molecule has 0 saturated heterocycles. The van der Waals surface area contributed by atoms with Crippen LogP contribution in [-0.2, 0) is 0 Å². The fraction of sp³-hybridized carbons (Fsp3) is 0.231. The minimum absolute atomic E-state index is 1.33. The Morgan fingerprint density at radius 2 is 1.79 bits per heavy atom. The summed E-state index contributed by atoms with van der Waals surface area (Å²) in [6.07, 6.45) is 2.12. The second-order valence-electron chi connectivity index (χ2n) is 3.67. The van der Waals surface area contributed by atoms with Crippen LogP contribution in [0.4, 0.5) is 0 Å². The van der Waals surface area contributed by atoms with E-state index < -0.39 is 0 Å². The summed E-state index contributed by atoms with van der Waals surface area (Å²) >= 11 is 1.80. The Hall–Kier alpha value is -0.950. The third-order valence-corrected chi connectivity index (χ3v) is 3.23. The molecular formula is C13H14S. The summed E-state index contributed by atoms with van der Waals surface area (Å²) in [5, 5.41) is 2.72. The van der Waals surface area contributed by atoms with E-state index >= 15 is 0 Å². The van der Waals surface area contributed by atoms with Gasteiger partial charge in [0.15, 0.2) is 0 Å². The molecule has 0 aliphatic heterocycles. The van der Waals surface area contributed by atoms with Crippen molar-refractivity contribution in [3.8, 4) is 0 Å². The minimum Gasteiger partial charge on any atom is -0.130 e. The third kappa shape index (κ3) is 1.64. The number of rotatable bonds is 1. The van der Waals surface area contributed by atoms with Crippen molar-refractivity contribution < 1.29 is 0 Å². The van der Waals surface area contributed by atoms with E-state index in [1.807, 2.05) is 0 Å². The van der Waals surface area contributed by atoms with Crippen molar-refractivity contribution in [1.82, 2.24) is 0 Å². The molecule has 0 saturated carbocycles. The zero-order valence-electron chi connectivity index (χ0n) is 8.79. The molecular weight excluding hydrogens is 188 g/mol. The van der Waals surface area contributed by atoms with Crippen LogP contribution in [0.5, 0.6) is 0 Å². The zero-order valence-corrected chi connectivity index (χ0v) is 9.61. The quantitative estimate of drug-likeness (QED) is 0.625. The van der Waals surface area contributed by atoms with Crippen LogP contribution in [0.25, 0.3) is 10.8 Å². The lowest BCUT2D eigenvalue weighted by Gasteiger charge is -2.06. The summed E-state index contributed by atoms with van der Waals surface area (Å²) < 4.78 is 0. The second kappa shape index (κ2) is 3.66. The summed E-state index contributed by atoms with van der Waals surface area (Å²) in [6.45, 7) is 4.32. The van der Waals surface area contributed by atoms with E-state index in [9.17, 15) is 0 Å². The topological polar surface area (TPSA) is 0 Å². The van der Waals surface area contributed by atoms with Crippen LogP contribution in [0.3, 0.4) is 0 Å². The van der Waals surface area contributed by atoms with Crippen molar-refractivity contribution in [2.45, 2.75) is 18.7 Å². The molecule has 0 aliphatic carbocycles. The van der Waals surface area contributed by atoms with Gasteiger partial charge in [0.1, 0.15) is 0 Å². The van der Waals surface area contributed by atoms with E-state index in [2.05, 4.69) is 50.4 Å². The molecule has 1 heteroatoms. The Balaban J connectivity index is 2.77. The van der Waals surface area contributed by atoms with Gasteiger partial charge in [-0.1, -0.05) is 23.8 Å². The smallest absolute Gasteiger partial charge is 0.00781 e. The molecule has 2 aromatic carbocycles. The molecule has 0 heterocycles. The fourth-order valence-electron chi connectivity index (χ4n) is 1.76. The highest BCUT2D eigenvalue weighted by atomic mass is 32.2. The lowest BCUT2D eigenvalue weighted by atomic mass is 10.0. The molecule has 0 fully saturated rings. The van der Waals surface area contributed by atoms with Crippen molar-refractivity contribution in [3.63, 3.8) is 0 Å². The van der Waals surface area contributed by atoms with Gasteiger partial charge < -0.3 is 0 Å². The molecule has 0 nitrogen and oxygen atoms in total. The summed E-state index contributed by atoms with van der Waals surface area (Å²) in [7, 11) is 0. The monoisotopic (exact) mass is 202 g/mol. The molecule has 0 spiro atoms. The van der Waals surface area contributed by atoms with Crippen molar-refractivity contribution in [3.05, 3.63) is 41.5 Å². The van der Waals surface area contributed by atoms with Gasteiger partial charge in [0, 0.05) is 4.90 Å². The number of fused-ring (bicyclic) bond motifs is 1. The molecule has 2 rings (SSSR count). The van der Waals surface area contributed by atoms with Crippen molar-refractivity contribution in [1.29, 1.82) is 0 Å². The van der Waals surface area contributed by atoms with Crippen molar-refractivity contribution in [2.75, 3.05) is 6.26 Å². The first-order chi connectivity index (χ1) is 6.70. The Bertz CT molecular complexity index is 472. The lowest BCUT2D eigenvalue weighted by Crippen LogP contribution is -1.81. The largest absolute Gasteiger partial charge is 0.130 e. The first-order valence-electron chi connectivity index (χ1n) is 4.76. The van der Waals surface area contributed by atoms with E-state index in [1.165, 1.54) is 26.8 Å². The summed E-state index contributed by atoms with van der Waals surface area (Å²) in [6, 6.07) is 11.2. The normalized spacial score (nSPS) is 10.8. The second-order valence-corrected chi connectivity index (χ2v) is 4.55. The maximum Gasteiger partial charge on any atom is 0.00781 e. The SMILES string of the molecule is CSc1cc(C)c2ccc(C)cc2c1. The van der Waals surface area contributed by atoms with E-state index in [1.54, 1.807) is 11.8 Å². The van der Waals surface area contributed by atoms with E-state index in [0.717, 1.165) is 0 Å². The molecule has 0 radical (unpaired) electrons. The maximum absolute atomic E-state index is 2.26. The molecule has 0 aromatic heterocycles. The van der Waals surface area contributed by atoms with Gasteiger partial charge in [0.2, 0.25) is 0 Å². The maximum atomic E-state index is 2.26. The van der Waals surface area contributed by atoms with Crippen LogP contribution in [0.1, 0.15) is 11.1 Å². The fourth-order valence-corrected chi connectivity index (χ4v) is 2.30. The van der Waals surface area contributed by atoms with Crippen LogP contribution in [-0.4, -0.2) is 6.26 Å². The number of aryl methyl sites for hydroxylation is 2. The first kappa shape index (κ1) is 9.60. The standard InChI is InChI=1S/C13H14S/c1-9-4-5-13-10(2)7-12(14-3)8-11(13)6-9/h4-8H,1-3H3. The van der Waals surface area contributed by atoms with Crippen LogP contribution in [0.2, 0.25) is 0 Å². The van der Waals surface area contributed by atoms with Gasteiger partial charge in [-0.2, -0.15) is 0 Å². The van der Waals surface area contributed by atoms with Crippen molar-refractivity contribution in [2.24, 2.45) is 0 Å². The average molecular weight is 202 g/mol. The highest BCUT2D eigenvalue weighted by Crippen LogP contribution is 2.26. The molecule has 0 amide bonds. The molecule has 2 aromatic rings. The summed E-state index contributed by atoms with van der Waals surface area (Å²) in [5.41, 5.74) is 2.70. The molecule has 0 aliphatic rings. The molecule has 0 bridgehead atoms. The van der Waals surface area contributed by atoms with Gasteiger partial charge in [-0.05, 0) is 48.6 Å². The summed E-state index contributed by atoms with van der Waals surface area (Å²) in [5.74, 6) is 0. The highest BCUT2D eigenvalue weighted by Gasteiger charge is 2.00. The first-order valence-corrected chi connectivity index (χ1v) is 5.98. The average Bonchev–Trinajstić information content (AvgIpc) is 2.16. The molecule has 14 heavy (non-hydrogen) atoms. The Labute approximate surface area is 89.3 Å². The zero-order chi connectivity index (χ0) is 10.1. The van der Waals surface area contributed by atoms with Crippen molar-refractivity contribution >= 4 is 22.5 Å². The van der Waals surface area contributed by atoms with Crippen LogP contribution in [0, 0.1) is 13.8 Å². The molecule has 72 valence electrons. The minimum atomic E-state index is 1.33. The predicted molar refractivity (Wildman–Crippen MR) is 65.2 cm³/mol. The number of thioether (sulfide) groups is 1. The molecule has 0 unspecified atom stereocenters. The number of hydrogen-bond donors (Lipinski definition) is 0. The highest BCUT2D eigenvalue weighted by molar-refractivity contribution is 7.98. The van der Waals surface area contributed by atoms with Gasteiger partial charge in [0.25, 0.3) is 0 Å². The third-order valence-electron chi connectivity index (χ3n) is 2.52. The van der Waals surface area contributed by atoms with Gasteiger partial charge in [-0.25, -0.2) is 0 Å². The van der Waals surface area contributed by atoms with Crippen LogP contribution in [0.15, 0.2) is 35.2 Å². The number of benzene rings is 2. The van der Waals surface area contributed by atoms with Gasteiger partial charge in [0.05, 0.1) is 0 Å². The predicted octanol–water partition coefficient (Wildman–Crippen LogP) is 4.18. The van der Waals surface area contributed by atoms with Crippen LogP contribution < -0.4 is 0 Å². The Morgan fingerprint density at radius 1 is 1.00 bits per heavy atom. The van der Waals surface area contributed by atoms with E-state index in [-0.39, 0.29) is 0 Å². The molecule has 0 N–H and O–H groups in total. The lowest BCUT2D eigenvalue weighted by molar-refractivity contribution is 1.40. The van der Waals surface area contributed by atoms with E-state index in [4.69, 9.17) is 0 Å². The van der Waals surface area contributed by atoms with E-state index in [0.29, 0.717) is 0 Å². The Morgan fingerprint density at radius 3 is 2.50 bits per heavy atom. The van der Waals surface area contributed by atoms with Gasteiger partial charge >= 0.3 is 0 Å². The van der Waals surface area contributed by atoms with Gasteiger partial charge in [-0.3, -0.25) is 0 Å².